The standard InChI is InChI=1S/C21H29N5O5S/c1-30-19-8-7-17(12-20(19)31-2)32(28,29)26-11-5-6-16(14-26)13-25-15-18(22-23-25)21(27)24-9-3-4-10-24/h7-8,12,15-16H,3-6,9-11,13-14H2,1-2H3/t16-/m0/s1. The third kappa shape index (κ3) is 4.58. The molecule has 1 aromatic heterocycles. The van der Waals surface area contributed by atoms with Crippen LogP contribution >= 0.6 is 0 Å². The molecule has 0 N–H and O–H groups in total. The van der Waals surface area contributed by atoms with Crippen LogP contribution < -0.4 is 9.47 Å². The lowest BCUT2D eigenvalue weighted by atomic mass is 10.00. The van der Waals surface area contributed by atoms with Crippen molar-refractivity contribution in [1.29, 1.82) is 0 Å². The molecule has 174 valence electrons. The predicted octanol–water partition coefficient (Wildman–Crippen LogP) is 1.63. The fourth-order valence-corrected chi connectivity index (χ4v) is 5.92. The SMILES string of the molecule is COc1ccc(S(=O)(=O)N2CCC[C@@H](Cn3cc(C(=O)N4CCCC4)nn3)C2)cc1OC. The van der Waals surface area contributed by atoms with Crippen molar-refractivity contribution in [2.45, 2.75) is 37.1 Å². The summed E-state index contributed by atoms with van der Waals surface area (Å²) in [6.45, 7) is 2.88. The van der Waals surface area contributed by atoms with Crippen LogP contribution in [-0.4, -0.2) is 78.9 Å². The summed E-state index contributed by atoms with van der Waals surface area (Å²) >= 11 is 0. The van der Waals surface area contributed by atoms with E-state index in [1.54, 1.807) is 21.8 Å². The van der Waals surface area contributed by atoms with E-state index in [0.29, 0.717) is 36.8 Å². The molecule has 1 atom stereocenters. The largest absolute Gasteiger partial charge is 0.493 e. The Morgan fingerprint density at radius 1 is 1.09 bits per heavy atom. The van der Waals surface area contributed by atoms with Gasteiger partial charge in [-0.25, -0.2) is 8.42 Å². The summed E-state index contributed by atoms with van der Waals surface area (Å²) in [5.74, 6) is 0.846. The Hall–Kier alpha value is -2.66. The van der Waals surface area contributed by atoms with Crippen LogP contribution in [0.3, 0.4) is 0 Å². The van der Waals surface area contributed by atoms with Crippen molar-refractivity contribution in [2.75, 3.05) is 40.4 Å². The van der Waals surface area contributed by atoms with Gasteiger partial charge in [-0.2, -0.15) is 4.31 Å². The van der Waals surface area contributed by atoms with Crippen molar-refractivity contribution in [3.63, 3.8) is 0 Å². The fraction of sp³-hybridized carbons (Fsp3) is 0.571. The molecule has 3 heterocycles. The van der Waals surface area contributed by atoms with Crippen molar-refractivity contribution in [3.05, 3.63) is 30.1 Å². The Labute approximate surface area is 188 Å². The van der Waals surface area contributed by atoms with Gasteiger partial charge in [-0.15, -0.1) is 5.10 Å². The summed E-state index contributed by atoms with van der Waals surface area (Å²) < 4.78 is 40.1. The number of rotatable bonds is 7. The topological polar surface area (TPSA) is 107 Å². The van der Waals surface area contributed by atoms with Crippen molar-refractivity contribution >= 4 is 15.9 Å². The Morgan fingerprint density at radius 2 is 1.84 bits per heavy atom. The van der Waals surface area contributed by atoms with Crippen LogP contribution in [0.25, 0.3) is 0 Å². The van der Waals surface area contributed by atoms with Crippen LogP contribution in [0, 0.1) is 5.92 Å². The van der Waals surface area contributed by atoms with Gasteiger partial charge in [-0.05, 0) is 43.7 Å². The molecule has 2 saturated heterocycles. The molecule has 0 unspecified atom stereocenters. The molecule has 2 aliphatic rings. The average molecular weight is 464 g/mol. The van der Waals surface area contributed by atoms with E-state index in [0.717, 1.165) is 38.8 Å². The molecule has 0 spiro atoms. The first-order valence-electron chi connectivity index (χ1n) is 10.8. The van der Waals surface area contributed by atoms with Gasteiger partial charge in [0.25, 0.3) is 5.91 Å². The lowest BCUT2D eigenvalue weighted by molar-refractivity contribution is 0.0787. The first kappa shape index (κ1) is 22.5. The summed E-state index contributed by atoms with van der Waals surface area (Å²) in [7, 11) is -0.685. The number of aromatic nitrogens is 3. The third-order valence-corrected chi connectivity index (χ3v) is 7.93. The van der Waals surface area contributed by atoms with E-state index in [-0.39, 0.29) is 16.7 Å². The monoisotopic (exact) mass is 463 g/mol. The molecule has 0 bridgehead atoms. The van der Waals surface area contributed by atoms with Gasteiger partial charge in [0.05, 0.1) is 25.3 Å². The lowest BCUT2D eigenvalue weighted by Gasteiger charge is -2.31. The van der Waals surface area contributed by atoms with Gasteiger partial charge in [0.1, 0.15) is 0 Å². The maximum atomic E-state index is 13.2. The Morgan fingerprint density at radius 3 is 2.56 bits per heavy atom. The normalized spacial score (nSPS) is 19.8. The zero-order valence-electron chi connectivity index (χ0n) is 18.4. The van der Waals surface area contributed by atoms with E-state index in [1.807, 2.05) is 0 Å². The van der Waals surface area contributed by atoms with Gasteiger partial charge in [0.15, 0.2) is 17.2 Å². The van der Waals surface area contributed by atoms with Crippen molar-refractivity contribution in [2.24, 2.45) is 5.92 Å². The molecule has 0 aliphatic carbocycles. The first-order valence-corrected chi connectivity index (χ1v) is 12.3. The van der Waals surface area contributed by atoms with Crippen molar-refractivity contribution < 1.29 is 22.7 Å². The Balaban J connectivity index is 1.44. The Bertz CT molecular complexity index is 1060. The predicted molar refractivity (Wildman–Crippen MR) is 116 cm³/mol. The highest BCUT2D eigenvalue weighted by molar-refractivity contribution is 7.89. The number of hydrogen-bond acceptors (Lipinski definition) is 7. The highest BCUT2D eigenvalue weighted by Gasteiger charge is 2.31. The highest BCUT2D eigenvalue weighted by Crippen LogP contribution is 2.32. The number of carbonyl (C=O) groups excluding carboxylic acids is 1. The Kier molecular flexibility index (Phi) is 6.66. The number of amides is 1. The maximum absolute atomic E-state index is 13.2. The average Bonchev–Trinajstić information content (AvgIpc) is 3.51. The molecule has 0 radical (unpaired) electrons. The minimum absolute atomic E-state index is 0.0788. The second-order valence-corrected chi connectivity index (χ2v) is 10.2. The second-order valence-electron chi connectivity index (χ2n) is 8.21. The lowest BCUT2D eigenvalue weighted by Crippen LogP contribution is -2.41. The second kappa shape index (κ2) is 9.45. The molecular formula is C21H29N5O5S. The van der Waals surface area contributed by atoms with Crippen LogP contribution in [0.2, 0.25) is 0 Å². The summed E-state index contributed by atoms with van der Waals surface area (Å²) in [5, 5.41) is 8.15. The number of piperidine rings is 1. The zero-order valence-corrected chi connectivity index (χ0v) is 19.3. The fourth-order valence-electron chi connectivity index (χ4n) is 4.35. The van der Waals surface area contributed by atoms with E-state index in [2.05, 4.69) is 10.3 Å². The van der Waals surface area contributed by atoms with E-state index < -0.39 is 10.0 Å². The van der Waals surface area contributed by atoms with E-state index in [1.165, 1.54) is 30.7 Å². The maximum Gasteiger partial charge on any atom is 0.276 e. The molecule has 0 saturated carbocycles. The number of nitrogens with zero attached hydrogens (tertiary/aromatic N) is 5. The zero-order chi connectivity index (χ0) is 22.7. The summed E-state index contributed by atoms with van der Waals surface area (Å²) in [4.78, 5) is 14.5. The van der Waals surface area contributed by atoms with Crippen LogP contribution in [0.1, 0.15) is 36.2 Å². The summed E-state index contributed by atoms with van der Waals surface area (Å²) in [6.07, 6.45) is 5.35. The van der Waals surface area contributed by atoms with Crippen LogP contribution in [0.15, 0.2) is 29.3 Å². The van der Waals surface area contributed by atoms with Crippen LogP contribution in [0.5, 0.6) is 11.5 Å². The van der Waals surface area contributed by atoms with Crippen molar-refractivity contribution in [3.8, 4) is 11.5 Å². The molecule has 1 amide bonds. The third-order valence-electron chi connectivity index (χ3n) is 6.07. The highest BCUT2D eigenvalue weighted by atomic mass is 32.2. The van der Waals surface area contributed by atoms with Gasteiger partial charge in [0.2, 0.25) is 10.0 Å². The molecule has 2 aromatic rings. The molecule has 4 rings (SSSR count). The number of sulfonamides is 1. The molecule has 11 heteroatoms. The van der Waals surface area contributed by atoms with Gasteiger partial charge >= 0.3 is 0 Å². The molecule has 2 aliphatic heterocycles. The van der Waals surface area contributed by atoms with Crippen molar-refractivity contribution in [1.82, 2.24) is 24.2 Å². The summed E-state index contributed by atoms with van der Waals surface area (Å²) in [6, 6.07) is 4.63. The minimum Gasteiger partial charge on any atom is -0.493 e. The van der Waals surface area contributed by atoms with Crippen LogP contribution in [0.4, 0.5) is 0 Å². The molecule has 2 fully saturated rings. The van der Waals surface area contributed by atoms with E-state index in [4.69, 9.17) is 9.47 Å². The molecule has 10 nitrogen and oxygen atoms in total. The number of benzene rings is 1. The number of hydrogen-bond donors (Lipinski definition) is 0. The van der Waals surface area contributed by atoms with Crippen LogP contribution in [-0.2, 0) is 16.6 Å². The summed E-state index contributed by atoms with van der Waals surface area (Å²) in [5.41, 5.74) is 0.345. The molecular weight excluding hydrogens is 434 g/mol. The minimum atomic E-state index is -3.67. The van der Waals surface area contributed by atoms with E-state index >= 15 is 0 Å². The smallest absolute Gasteiger partial charge is 0.276 e. The van der Waals surface area contributed by atoms with Gasteiger partial charge in [0, 0.05) is 38.8 Å². The first-order chi connectivity index (χ1) is 15.4. The molecule has 32 heavy (non-hydrogen) atoms. The quantitative estimate of drug-likeness (QED) is 0.614. The van der Waals surface area contributed by atoms with Gasteiger partial charge < -0.3 is 14.4 Å². The van der Waals surface area contributed by atoms with E-state index in [9.17, 15) is 13.2 Å². The van der Waals surface area contributed by atoms with Gasteiger partial charge in [-0.1, -0.05) is 5.21 Å². The number of carbonyl (C=O) groups is 1. The number of likely N-dealkylation sites (tertiary alicyclic amines) is 1. The number of ether oxygens (including phenoxy) is 2. The number of methoxy groups -OCH3 is 2. The molecule has 1 aromatic carbocycles. The van der Waals surface area contributed by atoms with Gasteiger partial charge in [-0.3, -0.25) is 9.48 Å².